The maximum absolute atomic E-state index is 11.6. The molecule has 30 nitrogen and oxygen atoms in total. The fourth-order valence-electron chi connectivity index (χ4n) is 5.10. The lowest BCUT2D eigenvalue weighted by Crippen LogP contribution is -2.24. The van der Waals surface area contributed by atoms with Crippen LogP contribution in [-0.2, 0) is 35.2 Å². The number of amides is 4. The second-order valence-corrected chi connectivity index (χ2v) is 18.3. The number of aryl methyl sites for hydroxylation is 5. The molecule has 394 valence electrons. The van der Waals surface area contributed by atoms with E-state index in [2.05, 4.69) is 100 Å². The van der Waals surface area contributed by atoms with Gasteiger partial charge in [0, 0.05) is 87.7 Å². The molecule has 6 heterocycles. The van der Waals surface area contributed by atoms with Crippen LogP contribution in [0.3, 0.4) is 0 Å². The zero-order valence-corrected chi connectivity index (χ0v) is 47.5. The Kier molecular flexibility index (Phi) is 24.1. The molecule has 0 fully saturated rings. The van der Waals surface area contributed by atoms with Gasteiger partial charge in [0.15, 0.2) is 38.8 Å². The quantitative estimate of drug-likeness (QED) is 0.134. The number of carbonyl (C=O) groups is 5. The normalized spacial score (nSPS) is 10.9. The van der Waals surface area contributed by atoms with Crippen molar-refractivity contribution in [1.29, 1.82) is 0 Å². The predicted molar refractivity (Wildman–Crippen MR) is 274 cm³/mol. The Morgan fingerprint density at radius 1 is 0.597 bits per heavy atom. The SMILES string of the molecule is CC1=NCC=C1Br.CN(C)C(=O)c1c(Br)c([N+](=O)[O-])nn1C.CN(C)C(=O)c1c(Br)cnn1C.CN(C)C(=O)c1c(O)c(N)nn1C.CN(C)C(=O)c1c(O)c([N+](=O)[O-])nn1C.Cn1ncc(Br)c1C(=O)O. The number of nitro groups is 2. The van der Waals surface area contributed by atoms with E-state index in [1.165, 1.54) is 68.0 Å². The van der Waals surface area contributed by atoms with Crippen molar-refractivity contribution in [2.24, 2.45) is 40.2 Å². The highest BCUT2D eigenvalue weighted by Gasteiger charge is 2.32. The van der Waals surface area contributed by atoms with Crippen molar-refractivity contribution in [3.63, 3.8) is 0 Å². The number of allylic oxidation sites excluding steroid dienone is 1. The minimum absolute atomic E-state index is 0.0345. The van der Waals surface area contributed by atoms with Crippen LogP contribution in [-0.4, -0.2) is 192 Å². The molecule has 1 aliphatic heterocycles. The van der Waals surface area contributed by atoms with E-state index < -0.39 is 33.3 Å². The summed E-state index contributed by atoms with van der Waals surface area (Å²) in [6, 6.07) is 0. The molecule has 0 bridgehead atoms. The summed E-state index contributed by atoms with van der Waals surface area (Å²) in [5, 5.41) is 66.8. The maximum Gasteiger partial charge on any atom is 0.432 e. The van der Waals surface area contributed by atoms with Crippen LogP contribution in [0.1, 0.15) is 59.4 Å². The number of carboxylic acids is 1. The number of nitrogen functional groups attached to an aromatic ring is 1. The Morgan fingerprint density at radius 3 is 1.22 bits per heavy atom. The molecule has 5 aromatic heterocycles. The Balaban J connectivity index is 0.000000438. The first-order valence-electron chi connectivity index (χ1n) is 19.7. The summed E-state index contributed by atoms with van der Waals surface area (Å²) in [5.41, 5.74) is 7.23. The second kappa shape index (κ2) is 27.5. The molecular formula is C38H52Br4N18O12. The van der Waals surface area contributed by atoms with Crippen LogP contribution in [0.15, 0.2) is 41.4 Å². The van der Waals surface area contributed by atoms with Crippen molar-refractivity contribution in [3.05, 3.63) is 85.1 Å². The van der Waals surface area contributed by atoms with Crippen LogP contribution >= 0.6 is 63.7 Å². The molecule has 0 saturated heterocycles. The topological polar surface area (TPSA) is 373 Å². The molecule has 0 saturated carbocycles. The lowest BCUT2D eigenvalue weighted by molar-refractivity contribution is -0.390. The third-order valence-electron chi connectivity index (χ3n) is 8.74. The van der Waals surface area contributed by atoms with Crippen molar-refractivity contribution in [2.75, 3.05) is 68.7 Å². The van der Waals surface area contributed by atoms with Crippen LogP contribution < -0.4 is 5.73 Å². The molecule has 6 rings (SSSR count). The number of nitrogens with two attached hydrogens (primary N) is 1. The largest absolute Gasteiger partial charge is 0.503 e. The van der Waals surface area contributed by atoms with Gasteiger partial charge in [-0.25, -0.2) is 4.79 Å². The second-order valence-electron chi connectivity index (χ2n) is 15.0. The number of aromatic carboxylic acids is 1. The van der Waals surface area contributed by atoms with Gasteiger partial charge in [0.05, 0.1) is 52.2 Å². The van der Waals surface area contributed by atoms with Crippen molar-refractivity contribution in [2.45, 2.75) is 6.92 Å². The van der Waals surface area contributed by atoms with E-state index in [1.54, 1.807) is 74.3 Å². The number of hydrogen-bond donors (Lipinski definition) is 4. The van der Waals surface area contributed by atoms with Gasteiger partial charge in [-0.15, -0.1) is 0 Å². The zero-order valence-electron chi connectivity index (χ0n) is 41.1. The molecule has 0 radical (unpaired) electrons. The zero-order chi connectivity index (χ0) is 56.0. The fraction of sp³-hybridized carbons (Fsp3) is 0.395. The van der Waals surface area contributed by atoms with Crippen molar-refractivity contribution >= 4 is 116 Å². The molecule has 0 atom stereocenters. The van der Waals surface area contributed by atoms with Gasteiger partial charge >= 0.3 is 17.6 Å². The Morgan fingerprint density at radius 2 is 0.958 bits per heavy atom. The van der Waals surface area contributed by atoms with E-state index in [0.717, 1.165) is 25.9 Å². The Labute approximate surface area is 444 Å². The minimum atomic E-state index is -0.980. The van der Waals surface area contributed by atoms with Crippen molar-refractivity contribution in [1.82, 2.24) is 68.5 Å². The summed E-state index contributed by atoms with van der Waals surface area (Å²) in [7, 11) is 20.4. The van der Waals surface area contributed by atoms with E-state index in [0.29, 0.717) is 10.2 Å². The molecular weight excluding hydrogens is 1220 g/mol. The van der Waals surface area contributed by atoms with E-state index in [9.17, 15) is 54.4 Å². The molecule has 1 aliphatic rings. The van der Waals surface area contributed by atoms with Gasteiger partial charge < -0.3 is 60.9 Å². The van der Waals surface area contributed by atoms with Crippen molar-refractivity contribution < 1.29 is 49.1 Å². The first-order chi connectivity index (χ1) is 33.1. The molecule has 0 aromatic carbocycles. The predicted octanol–water partition coefficient (Wildman–Crippen LogP) is 3.44. The number of hydrogen-bond acceptors (Lipinski definition) is 18. The third-order valence-corrected chi connectivity index (χ3v) is 11.5. The van der Waals surface area contributed by atoms with Crippen LogP contribution in [0.2, 0.25) is 0 Å². The molecule has 0 spiro atoms. The number of carbonyl (C=O) groups excluding carboxylic acids is 4. The highest BCUT2D eigenvalue weighted by atomic mass is 79.9. The maximum atomic E-state index is 11.6. The molecule has 0 unspecified atom stereocenters. The van der Waals surface area contributed by atoms with E-state index in [-0.39, 0.29) is 62.4 Å². The van der Waals surface area contributed by atoms with Gasteiger partial charge in [-0.1, -0.05) is 0 Å². The Hall–Kier alpha value is -7.07. The average Bonchev–Trinajstić information content (AvgIpc) is 4.11. The molecule has 4 amide bonds. The lowest BCUT2D eigenvalue weighted by Gasteiger charge is -2.10. The third kappa shape index (κ3) is 16.5. The summed E-state index contributed by atoms with van der Waals surface area (Å²) in [6.45, 7) is 2.85. The van der Waals surface area contributed by atoms with Gasteiger partial charge in [-0.3, -0.25) is 38.2 Å². The first-order valence-corrected chi connectivity index (χ1v) is 22.9. The van der Waals surface area contributed by atoms with Gasteiger partial charge in [-0.2, -0.15) is 24.7 Å². The van der Waals surface area contributed by atoms with Crippen LogP contribution in [0.5, 0.6) is 11.5 Å². The summed E-state index contributed by atoms with van der Waals surface area (Å²) >= 11 is 12.6. The standard InChI is InChI=1S/C7H9BrN4O3.C7H10BrN3O.C7H10N4O4.C7H12N4O2.C5H5BrN2O2.C5H6BrN/c1-10(2)7(13)5-4(8)6(12(14)15)9-11(5)3;1-10(2)7(12)6-5(8)4-9-11(6)3;1-9(2)7(13)4-5(12)6(11(14)15)8-10(4)3;1-10(2)7(13)4-5(12)6(8)9-11(4)3;1-8-4(5(9)10)3(6)2-7-8;1-4-5(6)2-3-7-4/h1-3H3;4H,1-3H3;12H,1-3H3;12H,1-3H3,(H2,8,9);2H,1H3,(H,9,10);2H,3H2,1H3. The Bertz CT molecular complexity index is 2740. The molecule has 72 heavy (non-hydrogen) atoms. The lowest BCUT2D eigenvalue weighted by atomic mass is 10.3. The van der Waals surface area contributed by atoms with E-state index in [4.69, 9.17) is 10.8 Å². The number of halogens is 4. The molecule has 34 heteroatoms. The molecule has 0 aliphatic carbocycles. The van der Waals surface area contributed by atoms with Crippen LogP contribution in [0.25, 0.3) is 0 Å². The van der Waals surface area contributed by atoms with Crippen LogP contribution in [0, 0.1) is 20.2 Å². The summed E-state index contributed by atoms with van der Waals surface area (Å²) < 4.78 is 8.75. The molecule has 5 N–H and O–H groups in total. The highest BCUT2D eigenvalue weighted by Crippen LogP contribution is 2.29. The van der Waals surface area contributed by atoms with E-state index in [1.807, 2.05) is 6.92 Å². The van der Waals surface area contributed by atoms with Crippen molar-refractivity contribution in [3.8, 4) is 11.5 Å². The monoisotopic (exact) mass is 1270 g/mol. The number of aliphatic imine (C=N–C) groups is 1. The minimum Gasteiger partial charge on any atom is -0.503 e. The summed E-state index contributed by atoms with van der Waals surface area (Å²) in [4.78, 5) is 85.4. The number of anilines is 1. The number of carboxylic acid groups (broad SMARTS) is 1. The number of rotatable bonds is 7. The van der Waals surface area contributed by atoms with Gasteiger partial charge in [0.2, 0.25) is 0 Å². The number of aromatic hydroxyl groups is 2. The number of nitrogens with zero attached hydrogens (tertiary/aromatic N) is 17. The van der Waals surface area contributed by atoms with Gasteiger partial charge in [-0.05, 0) is 86.6 Å². The van der Waals surface area contributed by atoms with Gasteiger partial charge in [0.1, 0.15) is 5.69 Å². The fourth-order valence-corrected chi connectivity index (χ4v) is 7.06. The summed E-state index contributed by atoms with van der Waals surface area (Å²) in [6.07, 6.45) is 5.11. The first kappa shape index (κ1) is 62.9. The average molecular weight is 1270 g/mol. The smallest absolute Gasteiger partial charge is 0.432 e. The number of aromatic nitrogens is 10. The summed E-state index contributed by atoms with van der Waals surface area (Å²) in [5.74, 6) is -4.33. The van der Waals surface area contributed by atoms with Gasteiger partial charge in [0.25, 0.3) is 29.4 Å². The van der Waals surface area contributed by atoms with E-state index >= 15 is 0 Å². The van der Waals surface area contributed by atoms with Crippen LogP contribution in [0.4, 0.5) is 17.5 Å². The molecule has 5 aromatic rings. The highest BCUT2D eigenvalue weighted by molar-refractivity contribution is 9.12.